The fraction of sp³-hybridized carbons (Fsp3) is 0.250. The molecular formula is C16H15FN4O2S2. The normalized spacial score (nSPS) is 10.7. The summed E-state index contributed by atoms with van der Waals surface area (Å²) in [5.41, 5.74) is 0.625. The van der Waals surface area contributed by atoms with Crippen LogP contribution in [0.1, 0.15) is 32.3 Å². The van der Waals surface area contributed by atoms with Crippen molar-refractivity contribution in [2.75, 3.05) is 5.32 Å². The Morgan fingerprint density at radius 1 is 1.20 bits per heavy atom. The van der Waals surface area contributed by atoms with Gasteiger partial charge in [-0.3, -0.25) is 10.1 Å². The molecule has 3 aromatic rings. The maximum absolute atomic E-state index is 12.9. The third-order valence-corrected chi connectivity index (χ3v) is 5.33. The monoisotopic (exact) mass is 378 g/mol. The lowest BCUT2D eigenvalue weighted by atomic mass is 10.3. The topological polar surface area (TPSA) is 77.0 Å². The Labute approximate surface area is 151 Å². The molecule has 0 aliphatic carbocycles. The predicted octanol–water partition coefficient (Wildman–Crippen LogP) is 3.84. The number of aromatic nitrogens is 3. The SMILES string of the molecule is CCc1nnc(NC(=O)c2sc(COc3ccc(F)cc3)nc2C)s1. The second kappa shape index (κ2) is 7.66. The van der Waals surface area contributed by atoms with Crippen LogP contribution < -0.4 is 10.1 Å². The lowest BCUT2D eigenvalue weighted by Gasteiger charge is -2.03. The minimum absolute atomic E-state index is 0.212. The zero-order valence-corrected chi connectivity index (χ0v) is 15.2. The quantitative estimate of drug-likeness (QED) is 0.705. The second-order valence-corrected chi connectivity index (χ2v) is 7.22. The zero-order chi connectivity index (χ0) is 17.8. The molecule has 1 aromatic carbocycles. The summed E-state index contributed by atoms with van der Waals surface area (Å²) in [7, 11) is 0. The van der Waals surface area contributed by atoms with E-state index in [4.69, 9.17) is 4.74 Å². The third kappa shape index (κ3) is 4.37. The van der Waals surface area contributed by atoms with Crippen LogP contribution in [0.2, 0.25) is 0 Å². The van der Waals surface area contributed by atoms with Gasteiger partial charge in [-0.05, 0) is 37.6 Å². The minimum Gasteiger partial charge on any atom is -0.486 e. The van der Waals surface area contributed by atoms with Crippen molar-refractivity contribution in [3.63, 3.8) is 0 Å². The van der Waals surface area contributed by atoms with Crippen molar-refractivity contribution in [2.45, 2.75) is 26.9 Å². The Kier molecular flexibility index (Phi) is 5.34. The zero-order valence-electron chi connectivity index (χ0n) is 13.6. The van der Waals surface area contributed by atoms with Gasteiger partial charge in [0.15, 0.2) is 0 Å². The summed E-state index contributed by atoms with van der Waals surface area (Å²) >= 11 is 2.61. The molecule has 0 fully saturated rings. The predicted molar refractivity (Wildman–Crippen MR) is 94.8 cm³/mol. The van der Waals surface area contributed by atoms with E-state index in [1.165, 1.54) is 34.8 Å². The van der Waals surface area contributed by atoms with Crippen LogP contribution in [0.15, 0.2) is 24.3 Å². The molecule has 130 valence electrons. The van der Waals surface area contributed by atoms with Gasteiger partial charge in [-0.2, -0.15) is 0 Å². The average Bonchev–Trinajstić information content (AvgIpc) is 3.20. The highest BCUT2D eigenvalue weighted by Crippen LogP contribution is 2.23. The van der Waals surface area contributed by atoms with Crippen LogP contribution in [0.3, 0.4) is 0 Å². The van der Waals surface area contributed by atoms with Crippen LogP contribution in [0.5, 0.6) is 5.75 Å². The molecule has 0 bridgehead atoms. The Bertz CT molecular complexity index is 877. The van der Waals surface area contributed by atoms with E-state index >= 15 is 0 Å². The number of hydrogen-bond donors (Lipinski definition) is 1. The van der Waals surface area contributed by atoms with Crippen LogP contribution >= 0.6 is 22.7 Å². The number of carbonyl (C=O) groups is 1. The van der Waals surface area contributed by atoms with E-state index in [-0.39, 0.29) is 18.3 Å². The molecule has 0 atom stereocenters. The number of nitrogens with one attached hydrogen (secondary N) is 1. The maximum atomic E-state index is 12.9. The number of ether oxygens (including phenoxy) is 1. The number of hydrogen-bond acceptors (Lipinski definition) is 7. The Balaban J connectivity index is 1.64. The number of aryl methyl sites for hydroxylation is 2. The molecule has 0 unspecified atom stereocenters. The van der Waals surface area contributed by atoms with Crippen molar-refractivity contribution in [2.24, 2.45) is 0 Å². The fourth-order valence-electron chi connectivity index (χ4n) is 2.00. The highest BCUT2D eigenvalue weighted by Gasteiger charge is 2.17. The summed E-state index contributed by atoms with van der Waals surface area (Å²) < 4.78 is 18.4. The number of nitrogens with zero attached hydrogens (tertiary/aromatic N) is 3. The Morgan fingerprint density at radius 2 is 1.96 bits per heavy atom. The van der Waals surface area contributed by atoms with Crippen molar-refractivity contribution in [3.8, 4) is 5.75 Å². The average molecular weight is 378 g/mol. The first kappa shape index (κ1) is 17.4. The van der Waals surface area contributed by atoms with Gasteiger partial charge in [-0.1, -0.05) is 18.3 Å². The summed E-state index contributed by atoms with van der Waals surface area (Å²) in [6.45, 7) is 3.96. The van der Waals surface area contributed by atoms with E-state index in [9.17, 15) is 9.18 Å². The van der Waals surface area contributed by atoms with Gasteiger partial charge in [0.2, 0.25) is 5.13 Å². The molecule has 0 saturated heterocycles. The van der Waals surface area contributed by atoms with E-state index in [2.05, 4.69) is 20.5 Å². The van der Waals surface area contributed by atoms with Gasteiger partial charge in [0.1, 0.15) is 33.1 Å². The molecule has 6 nitrogen and oxygen atoms in total. The molecule has 0 aliphatic rings. The molecule has 0 saturated carbocycles. The molecule has 0 radical (unpaired) electrons. The second-order valence-electron chi connectivity index (χ2n) is 5.07. The number of thiazole rings is 1. The van der Waals surface area contributed by atoms with Gasteiger partial charge in [0.05, 0.1) is 5.69 Å². The molecule has 1 amide bonds. The van der Waals surface area contributed by atoms with E-state index in [0.717, 1.165) is 11.4 Å². The van der Waals surface area contributed by atoms with Crippen molar-refractivity contribution >= 4 is 33.7 Å². The summed E-state index contributed by atoms with van der Waals surface area (Å²) in [5, 5.41) is 12.7. The molecule has 2 aromatic heterocycles. The lowest BCUT2D eigenvalue weighted by Crippen LogP contribution is -2.11. The highest BCUT2D eigenvalue weighted by molar-refractivity contribution is 7.16. The van der Waals surface area contributed by atoms with Crippen LogP contribution in [-0.2, 0) is 13.0 Å². The number of anilines is 1. The van der Waals surface area contributed by atoms with Crippen LogP contribution in [0.4, 0.5) is 9.52 Å². The van der Waals surface area contributed by atoms with E-state index in [1.807, 2.05) is 6.92 Å². The van der Waals surface area contributed by atoms with Crippen LogP contribution in [-0.4, -0.2) is 21.1 Å². The van der Waals surface area contributed by atoms with Crippen molar-refractivity contribution in [1.29, 1.82) is 0 Å². The number of halogens is 1. The van der Waals surface area contributed by atoms with Crippen LogP contribution in [0, 0.1) is 12.7 Å². The molecule has 1 N–H and O–H groups in total. The number of benzene rings is 1. The summed E-state index contributed by atoms with van der Waals surface area (Å²) in [6.07, 6.45) is 0.776. The lowest BCUT2D eigenvalue weighted by molar-refractivity contribution is 0.102. The van der Waals surface area contributed by atoms with Crippen molar-refractivity contribution in [1.82, 2.24) is 15.2 Å². The van der Waals surface area contributed by atoms with Gasteiger partial charge in [0.25, 0.3) is 5.91 Å². The molecule has 25 heavy (non-hydrogen) atoms. The smallest absolute Gasteiger partial charge is 0.269 e. The fourth-order valence-corrected chi connectivity index (χ4v) is 3.55. The first-order valence-electron chi connectivity index (χ1n) is 7.53. The van der Waals surface area contributed by atoms with Gasteiger partial charge < -0.3 is 4.74 Å². The molecule has 3 rings (SSSR count). The summed E-state index contributed by atoms with van der Waals surface area (Å²) in [4.78, 5) is 17.2. The van der Waals surface area contributed by atoms with E-state index < -0.39 is 0 Å². The number of rotatable bonds is 6. The first-order valence-corrected chi connectivity index (χ1v) is 9.17. The maximum Gasteiger partial charge on any atom is 0.269 e. The highest BCUT2D eigenvalue weighted by atomic mass is 32.1. The minimum atomic E-state index is -0.320. The number of carbonyl (C=O) groups excluding carboxylic acids is 1. The van der Waals surface area contributed by atoms with Crippen molar-refractivity contribution in [3.05, 3.63) is 50.7 Å². The third-order valence-electron chi connectivity index (χ3n) is 3.21. The van der Waals surface area contributed by atoms with E-state index in [1.54, 1.807) is 19.1 Å². The summed E-state index contributed by atoms with van der Waals surface area (Å²) in [6, 6.07) is 5.75. The molecular weight excluding hydrogens is 363 g/mol. The molecule has 0 spiro atoms. The number of amides is 1. The first-order chi connectivity index (χ1) is 12.0. The van der Waals surface area contributed by atoms with E-state index in [0.29, 0.717) is 26.5 Å². The molecule has 9 heteroatoms. The molecule has 0 aliphatic heterocycles. The van der Waals surface area contributed by atoms with Gasteiger partial charge in [0, 0.05) is 0 Å². The summed E-state index contributed by atoms with van der Waals surface area (Å²) in [5.74, 6) is -0.0395. The standard InChI is InChI=1S/C16H15FN4O2S2/c1-3-12-20-21-16(25-12)19-15(22)14-9(2)18-13(24-14)8-23-11-6-4-10(17)5-7-11/h4-7H,3,8H2,1-2H3,(H,19,21,22). The largest absolute Gasteiger partial charge is 0.486 e. The van der Waals surface area contributed by atoms with Gasteiger partial charge in [-0.25, -0.2) is 9.37 Å². The van der Waals surface area contributed by atoms with Gasteiger partial charge in [-0.15, -0.1) is 21.5 Å². The molecule has 2 heterocycles. The Morgan fingerprint density at radius 3 is 2.64 bits per heavy atom. The Hall–Kier alpha value is -2.39. The van der Waals surface area contributed by atoms with Crippen LogP contribution in [0.25, 0.3) is 0 Å². The van der Waals surface area contributed by atoms with Crippen molar-refractivity contribution < 1.29 is 13.9 Å². The van der Waals surface area contributed by atoms with Gasteiger partial charge >= 0.3 is 0 Å².